The summed E-state index contributed by atoms with van der Waals surface area (Å²) < 4.78 is 0. The molecule has 3 amide bonds. The Labute approximate surface area is 195 Å². The fourth-order valence-electron chi connectivity index (χ4n) is 2.88. The monoisotopic (exact) mass is 482 g/mol. The van der Waals surface area contributed by atoms with Crippen molar-refractivity contribution >= 4 is 29.7 Å². The molecule has 13 nitrogen and oxygen atoms in total. The van der Waals surface area contributed by atoms with Crippen molar-refractivity contribution in [3.8, 4) is 0 Å². The first-order valence-electron chi connectivity index (χ1n) is 10.4. The molecular weight excluding hydrogens is 452 g/mol. The van der Waals surface area contributed by atoms with E-state index < -0.39 is 79.4 Å². The maximum atomic E-state index is 12.7. The number of rotatable bonds is 14. The summed E-state index contributed by atoms with van der Waals surface area (Å²) in [4.78, 5) is 59.6. The second-order valence-electron chi connectivity index (χ2n) is 7.60. The molecule has 34 heavy (non-hydrogen) atoms. The standard InChI is InChI=1S/C21H30N4O9/c1-11(27)17(25-18(30)13(22)9-12-5-3-2-4-6-12)20(32)23-14(7-8-16(28)29)19(31)24-15(10-26)21(33)34/h2-6,11,13-15,17,26-27H,7-10,22H2,1H3,(H,23,32)(H,24,31)(H,25,30)(H,28,29)(H,33,34). The lowest BCUT2D eigenvalue weighted by molar-refractivity contribution is -0.144. The number of carboxylic acid groups (broad SMARTS) is 2. The van der Waals surface area contributed by atoms with Crippen LogP contribution < -0.4 is 21.7 Å². The number of aliphatic hydroxyl groups excluding tert-OH is 2. The smallest absolute Gasteiger partial charge is 0.328 e. The highest BCUT2D eigenvalue weighted by Crippen LogP contribution is 2.05. The Morgan fingerprint density at radius 3 is 2.00 bits per heavy atom. The third kappa shape index (κ3) is 9.52. The molecule has 1 rings (SSSR count). The van der Waals surface area contributed by atoms with E-state index in [1.54, 1.807) is 30.3 Å². The molecule has 0 heterocycles. The van der Waals surface area contributed by atoms with E-state index in [1.165, 1.54) is 6.92 Å². The van der Waals surface area contributed by atoms with Crippen LogP contribution >= 0.6 is 0 Å². The summed E-state index contributed by atoms with van der Waals surface area (Å²) in [5.41, 5.74) is 6.66. The lowest BCUT2D eigenvalue weighted by Gasteiger charge is -2.26. The van der Waals surface area contributed by atoms with Crippen LogP contribution in [-0.2, 0) is 30.4 Å². The number of aliphatic carboxylic acids is 2. The molecule has 1 aromatic carbocycles. The lowest BCUT2D eigenvalue weighted by Crippen LogP contribution is -2.60. The van der Waals surface area contributed by atoms with Crippen molar-refractivity contribution in [2.24, 2.45) is 5.73 Å². The molecule has 1 aromatic rings. The quantitative estimate of drug-likeness (QED) is 0.137. The number of carbonyl (C=O) groups is 5. The predicted molar refractivity (Wildman–Crippen MR) is 117 cm³/mol. The van der Waals surface area contributed by atoms with Crippen LogP contribution in [-0.4, -0.2) is 87.0 Å². The van der Waals surface area contributed by atoms with Crippen LogP contribution in [0.25, 0.3) is 0 Å². The third-order valence-corrected chi connectivity index (χ3v) is 4.77. The molecule has 0 aliphatic rings. The van der Waals surface area contributed by atoms with Gasteiger partial charge in [-0.3, -0.25) is 19.2 Å². The largest absolute Gasteiger partial charge is 0.481 e. The molecule has 9 N–H and O–H groups in total. The molecule has 13 heteroatoms. The van der Waals surface area contributed by atoms with Crippen molar-refractivity contribution in [1.82, 2.24) is 16.0 Å². The molecule has 0 aliphatic heterocycles. The van der Waals surface area contributed by atoms with Crippen LogP contribution in [0.2, 0.25) is 0 Å². The van der Waals surface area contributed by atoms with Gasteiger partial charge in [0.05, 0.1) is 18.8 Å². The molecule has 5 unspecified atom stereocenters. The summed E-state index contributed by atoms with van der Waals surface area (Å²) >= 11 is 0. The van der Waals surface area contributed by atoms with Crippen molar-refractivity contribution < 1.29 is 44.4 Å². The molecule has 0 radical (unpaired) electrons. The highest BCUT2D eigenvalue weighted by atomic mass is 16.4. The van der Waals surface area contributed by atoms with Gasteiger partial charge < -0.3 is 42.1 Å². The van der Waals surface area contributed by atoms with Gasteiger partial charge in [-0.15, -0.1) is 0 Å². The van der Waals surface area contributed by atoms with Gasteiger partial charge in [0.25, 0.3) is 0 Å². The van der Waals surface area contributed by atoms with Crippen molar-refractivity contribution in [1.29, 1.82) is 0 Å². The van der Waals surface area contributed by atoms with Gasteiger partial charge >= 0.3 is 11.9 Å². The fourth-order valence-corrected chi connectivity index (χ4v) is 2.88. The Morgan fingerprint density at radius 2 is 1.50 bits per heavy atom. The van der Waals surface area contributed by atoms with Crippen LogP contribution in [0.15, 0.2) is 30.3 Å². The van der Waals surface area contributed by atoms with E-state index in [9.17, 15) is 29.1 Å². The number of nitrogens with two attached hydrogens (primary N) is 1. The molecular formula is C21H30N4O9. The zero-order valence-corrected chi connectivity index (χ0v) is 18.5. The van der Waals surface area contributed by atoms with Gasteiger partial charge in [0.1, 0.15) is 18.1 Å². The van der Waals surface area contributed by atoms with Crippen LogP contribution in [0, 0.1) is 0 Å². The van der Waals surface area contributed by atoms with Crippen molar-refractivity contribution in [3.05, 3.63) is 35.9 Å². The Balaban J connectivity index is 2.91. The van der Waals surface area contributed by atoms with Gasteiger partial charge in [-0.1, -0.05) is 30.3 Å². The molecule has 0 bridgehead atoms. The molecule has 0 aliphatic carbocycles. The Kier molecular flexibility index (Phi) is 11.6. The number of carbonyl (C=O) groups excluding carboxylic acids is 3. The van der Waals surface area contributed by atoms with Crippen LogP contribution in [0.1, 0.15) is 25.3 Å². The van der Waals surface area contributed by atoms with Gasteiger partial charge in [-0.05, 0) is 25.3 Å². The Bertz CT molecular complexity index is 863. The van der Waals surface area contributed by atoms with Crippen LogP contribution in [0.4, 0.5) is 0 Å². The van der Waals surface area contributed by atoms with Gasteiger partial charge in [0, 0.05) is 6.42 Å². The van der Waals surface area contributed by atoms with E-state index in [0.717, 1.165) is 5.56 Å². The number of carboxylic acids is 2. The second-order valence-corrected chi connectivity index (χ2v) is 7.60. The topological polar surface area (TPSA) is 228 Å². The first-order valence-corrected chi connectivity index (χ1v) is 10.4. The summed E-state index contributed by atoms with van der Waals surface area (Å²) in [5.74, 6) is -5.65. The van der Waals surface area contributed by atoms with E-state index in [-0.39, 0.29) is 6.42 Å². The average Bonchev–Trinajstić information content (AvgIpc) is 2.77. The number of hydrogen-bond acceptors (Lipinski definition) is 8. The SMILES string of the molecule is CC(O)C(NC(=O)C(N)Cc1ccccc1)C(=O)NC(CCC(=O)O)C(=O)NC(CO)C(=O)O. The second kappa shape index (κ2) is 13.9. The molecule has 0 saturated carbocycles. The first-order chi connectivity index (χ1) is 16.0. The minimum absolute atomic E-state index is 0.155. The van der Waals surface area contributed by atoms with E-state index in [1.807, 2.05) is 5.32 Å². The fraction of sp³-hybridized carbons (Fsp3) is 0.476. The van der Waals surface area contributed by atoms with Gasteiger partial charge in [-0.25, -0.2) is 4.79 Å². The number of benzene rings is 1. The maximum Gasteiger partial charge on any atom is 0.328 e. The Hall–Kier alpha value is -3.55. The minimum atomic E-state index is -1.68. The number of nitrogens with one attached hydrogen (secondary N) is 3. The summed E-state index contributed by atoms with van der Waals surface area (Å²) in [5, 5.41) is 43.5. The normalized spacial score (nSPS) is 15.2. The highest BCUT2D eigenvalue weighted by molar-refractivity contribution is 5.94. The highest BCUT2D eigenvalue weighted by Gasteiger charge is 2.32. The third-order valence-electron chi connectivity index (χ3n) is 4.77. The average molecular weight is 482 g/mol. The molecule has 188 valence electrons. The number of aliphatic hydroxyl groups is 2. The minimum Gasteiger partial charge on any atom is -0.481 e. The summed E-state index contributed by atoms with van der Waals surface area (Å²) in [6.45, 7) is 0.276. The van der Waals surface area contributed by atoms with Crippen molar-refractivity contribution in [3.63, 3.8) is 0 Å². The van der Waals surface area contributed by atoms with Gasteiger partial charge in [-0.2, -0.15) is 0 Å². The predicted octanol–water partition coefficient (Wildman–Crippen LogP) is -2.67. The summed E-state index contributed by atoms with van der Waals surface area (Å²) in [7, 11) is 0. The zero-order valence-electron chi connectivity index (χ0n) is 18.5. The molecule has 0 fully saturated rings. The molecule has 0 spiro atoms. The van der Waals surface area contributed by atoms with E-state index >= 15 is 0 Å². The van der Waals surface area contributed by atoms with E-state index in [2.05, 4.69) is 10.6 Å². The molecule has 0 saturated heterocycles. The van der Waals surface area contributed by atoms with Crippen LogP contribution in [0.3, 0.4) is 0 Å². The molecule has 5 atom stereocenters. The van der Waals surface area contributed by atoms with Crippen LogP contribution in [0.5, 0.6) is 0 Å². The molecule has 0 aromatic heterocycles. The van der Waals surface area contributed by atoms with Gasteiger partial charge in [0.2, 0.25) is 17.7 Å². The van der Waals surface area contributed by atoms with Crippen molar-refractivity contribution in [2.45, 2.75) is 56.5 Å². The van der Waals surface area contributed by atoms with Gasteiger partial charge in [0.15, 0.2) is 0 Å². The number of amides is 3. The first kappa shape index (κ1) is 28.5. The summed E-state index contributed by atoms with van der Waals surface area (Å²) in [6, 6.07) is 3.04. The maximum absolute atomic E-state index is 12.7. The summed E-state index contributed by atoms with van der Waals surface area (Å²) in [6.07, 6.45) is -2.23. The Morgan fingerprint density at radius 1 is 0.912 bits per heavy atom. The van der Waals surface area contributed by atoms with E-state index in [0.29, 0.717) is 0 Å². The number of hydrogen-bond donors (Lipinski definition) is 8. The van der Waals surface area contributed by atoms with Crippen molar-refractivity contribution in [2.75, 3.05) is 6.61 Å². The lowest BCUT2D eigenvalue weighted by atomic mass is 10.0. The van der Waals surface area contributed by atoms with E-state index in [4.69, 9.17) is 21.1 Å². The zero-order chi connectivity index (χ0) is 25.8.